The van der Waals surface area contributed by atoms with Crippen LogP contribution >= 0.6 is 11.6 Å². The van der Waals surface area contributed by atoms with Crippen LogP contribution in [0.3, 0.4) is 0 Å². The van der Waals surface area contributed by atoms with Crippen molar-refractivity contribution in [3.63, 3.8) is 0 Å². The Balaban J connectivity index is 1.97. The van der Waals surface area contributed by atoms with Gasteiger partial charge in [0.25, 0.3) is 0 Å². The molecule has 0 saturated heterocycles. The number of fused-ring (bicyclic) bond motifs is 2. The summed E-state index contributed by atoms with van der Waals surface area (Å²) in [5, 5.41) is 11.5. The molecule has 0 radical (unpaired) electrons. The largest absolute Gasteiger partial charge is 0.493 e. The fourth-order valence-electron chi connectivity index (χ4n) is 4.00. The number of halogens is 2. The Morgan fingerprint density at radius 1 is 1.30 bits per heavy atom. The minimum atomic E-state index is -1.02. The van der Waals surface area contributed by atoms with Crippen LogP contribution in [-0.2, 0) is 5.54 Å². The molecule has 2 atom stereocenters. The van der Waals surface area contributed by atoms with Gasteiger partial charge in [-0.25, -0.2) is 9.38 Å². The van der Waals surface area contributed by atoms with Crippen molar-refractivity contribution in [1.82, 2.24) is 4.90 Å². The first kappa shape index (κ1) is 18.1. The molecule has 2 aliphatic rings. The van der Waals surface area contributed by atoms with Crippen molar-refractivity contribution in [3.8, 4) is 16.9 Å². The van der Waals surface area contributed by atoms with Gasteiger partial charge in [-0.3, -0.25) is 0 Å². The molecule has 0 fully saturated rings. The monoisotopic (exact) mass is 389 g/mol. The zero-order valence-corrected chi connectivity index (χ0v) is 16.1. The van der Waals surface area contributed by atoms with Gasteiger partial charge in [-0.2, -0.15) is 0 Å². The van der Waals surface area contributed by atoms with Crippen molar-refractivity contribution in [2.75, 3.05) is 13.7 Å². The van der Waals surface area contributed by atoms with Gasteiger partial charge in [0.1, 0.15) is 17.1 Å². The molecule has 7 heteroatoms. The van der Waals surface area contributed by atoms with Crippen molar-refractivity contribution in [3.05, 3.63) is 52.8 Å². The van der Waals surface area contributed by atoms with Crippen LogP contribution < -0.4 is 10.5 Å². The minimum Gasteiger partial charge on any atom is -0.493 e. The molecule has 2 heterocycles. The lowest BCUT2D eigenvalue weighted by Gasteiger charge is -2.48. The van der Waals surface area contributed by atoms with Gasteiger partial charge in [0.2, 0.25) is 0 Å². The van der Waals surface area contributed by atoms with Gasteiger partial charge in [-0.1, -0.05) is 31.5 Å². The molecule has 5 nitrogen and oxygen atoms in total. The van der Waals surface area contributed by atoms with Gasteiger partial charge in [-0.05, 0) is 35.9 Å². The molecule has 0 saturated carbocycles. The fraction of sp³-hybridized carbons (Fsp3) is 0.350. The highest BCUT2D eigenvalue weighted by molar-refractivity contribution is 6.30. The van der Waals surface area contributed by atoms with E-state index in [1.807, 2.05) is 19.9 Å². The Morgan fingerprint density at radius 2 is 2.04 bits per heavy atom. The average Bonchev–Trinajstić information content (AvgIpc) is 2.86. The molecule has 2 aromatic rings. The predicted octanol–water partition coefficient (Wildman–Crippen LogP) is 3.34. The van der Waals surface area contributed by atoms with E-state index in [-0.39, 0.29) is 11.8 Å². The molecule has 27 heavy (non-hydrogen) atoms. The Hall–Kier alpha value is -2.31. The van der Waals surface area contributed by atoms with E-state index >= 15 is 0 Å². The predicted molar refractivity (Wildman–Crippen MR) is 103 cm³/mol. The van der Waals surface area contributed by atoms with Crippen molar-refractivity contribution < 1.29 is 14.2 Å². The molecule has 142 valence electrons. The second kappa shape index (κ2) is 5.84. The maximum absolute atomic E-state index is 14.4. The Bertz CT molecular complexity index is 962. The third-order valence-corrected chi connectivity index (χ3v) is 5.88. The molecule has 0 aromatic heterocycles. The van der Waals surface area contributed by atoms with E-state index in [9.17, 15) is 9.50 Å². The van der Waals surface area contributed by atoms with Crippen LogP contribution in [0.2, 0.25) is 5.02 Å². The number of nitrogens with two attached hydrogens (primary N) is 1. The van der Waals surface area contributed by atoms with Crippen molar-refractivity contribution in [2.24, 2.45) is 16.1 Å². The number of likely N-dealkylation sites (N-methyl/N-ethyl adjacent to an activating group) is 1. The average molecular weight is 390 g/mol. The SMILES string of the molecule is CN1C(N)=NC2(c3cc(-c4cc(Cl)ccc4F)ccc3OCC2(C)C)C1O. The summed E-state index contributed by atoms with van der Waals surface area (Å²) >= 11 is 6.06. The quantitative estimate of drug-likeness (QED) is 0.784. The van der Waals surface area contributed by atoms with E-state index < -0.39 is 17.2 Å². The number of benzene rings is 2. The second-order valence-corrected chi connectivity index (χ2v) is 8.17. The lowest BCUT2D eigenvalue weighted by atomic mass is 9.66. The number of ether oxygens (including phenoxy) is 1. The van der Waals surface area contributed by atoms with Gasteiger partial charge in [-0.15, -0.1) is 0 Å². The number of hydrogen-bond acceptors (Lipinski definition) is 5. The third kappa shape index (κ3) is 2.43. The molecule has 0 amide bonds. The van der Waals surface area contributed by atoms with Gasteiger partial charge < -0.3 is 20.5 Å². The number of nitrogens with zero attached hydrogens (tertiary/aromatic N) is 2. The van der Waals surface area contributed by atoms with E-state index in [0.29, 0.717) is 34.1 Å². The molecule has 2 aliphatic heterocycles. The molecular formula is C20H21ClFN3O2. The van der Waals surface area contributed by atoms with E-state index in [2.05, 4.69) is 4.99 Å². The summed E-state index contributed by atoms with van der Waals surface area (Å²) in [4.78, 5) is 6.23. The van der Waals surface area contributed by atoms with Crippen LogP contribution in [0.5, 0.6) is 5.75 Å². The van der Waals surface area contributed by atoms with Crippen molar-refractivity contribution in [2.45, 2.75) is 25.6 Å². The Labute approximate surface area is 162 Å². The molecule has 1 spiro atoms. The highest BCUT2D eigenvalue weighted by Crippen LogP contribution is 2.55. The van der Waals surface area contributed by atoms with Crippen LogP contribution in [0.4, 0.5) is 4.39 Å². The van der Waals surface area contributed by atoms with Gasteiger partial charge >= 0.3 is 0 Å². The molecular weight excluding hydrogens is 369 g/mol. The van der Waals surface area contributed by atoms with E-state index in [1.165, 1.54) is 12.1 Å². The van der Waals surface area contributed by atoms with Gasteiger partial charge in [0.05, 0.1) is 6.61 Å². The van der Waals surface area contributed by atoms with Crippen molar-refractivity contribution in [1.29, 1.82) is 0 Å². The first-order valence-electron chi connectivity index (χ1n) is 8.66. The fourth-order valence-corrected chi connectivity index (χ4v) is 4.17. The van der Waals surface area contributed by atoms with Crippen LogP contribution in [0.15, 0.2) is 41.4 Å². The minimum absolute atomic E-state index is 0.253. The normalized spacial score (nSPS) is 25.9. The summed E-state index contributed by atoms with van der Waals surface area (Å²) in [5.41, 5.74) is 6.16. The summed E-state index contributed by atoms with van der Waals surface area (Å²) in [6.07, 6.45) is -0.963. The number of hydrogen-bond donors (Lipinski definition) is 2. The molecule has 0 bridgehead atoms. The molecule has 2 unspecified atom stereocenters. The van der Waals surface area contributed by atoms with E-state index in [1.54, 1.807) is 30.1 Å². The zero-order valence-electron chi connectivity index (χ0n) is 15.3. The highest BCUT2D eigenvalue weighted by atomic mass is 35.5. The van der Waals surface area contributed by atoms with Crippen LogP contribution in [0, 0.1) is 11.2 Å². The first-order chi connectivity index (χ1) is 12.7. The summed E-state index contributed by atoms with van der Waals surface area (Å²) in [7, 11) is 1.70. The molecule has 3 N–H and O–H groups in total. The molecule has 4 rings (SSSR count). The smallest absolute Gasteiger partial charge is 0.194 e. The maximum Gasteiger partial charge on any atom is 0.194 e. The Morgan fingerprint density at radius 3 is 2.70 bits per heavy atom. The number of aliphatic hydroxyl groups is 1. The van der Waals surface area contributed by atoms with Gasteiger partial charge in [0, 0.05) is 28.6 Å². The third-order valence-electron chi connectivity index (χ3n) is 5.64. The molecule has 2 aromatic carbocycles. The zero-order chi connectivity index (χ0) is 19.6. The molecule has 0 aliphatic carbocycles. The highest BCUT2D eigenvalue weighted by Gasteiger charge is 2.60. The standard InChI is InChI=1S/C20H21ClFN3O2/c1-19(2)10-27-16-7-4-11(13-9-12(21)5-6-15(13)22)8-14(16)20(19)17(26)25(3)18(23)24-20/h4-9,17,26H,10H2,1-3H3,(H2,23,24). The number of rotatable bonds is 1. The van der Waals surface area contributed by atoms with Crippen LogP contribution in [-0.4, -0.2) is 35.8 Å². The topological polar surface area (TPSA) is 71.1 Å². The second-order valence-electron chi connectivity index (χ2n) is 7.73. The number of aliphatic imine (C=N–C) groups is 1. The van der Waals surface area contributed by atoms with E-state index in [4.69, 9.17) is 22.1 Å². The Kier molecular flexibility index (Phi) is 3.91. The number of aliphatic hydroxyl groups excluding tert-OH is 1. The maximum atomic E-state index is 14.4. The van der Waals surface area contributed by atoms with Crippen LogP contribution in [0.1, 0.15) is 19.4 Å². The lowest BCUT2D eigenvalue weighted by Crippen LogP contribution is -2.56. The summed E-state index contributed by atoms with van der Waals surface area (Å²) in [6.45, 7) is 4.32. The first-order valence-corrected chi connectivity index (χ1v) is 9.04. The van der Waals surface area contributed by atoms with E-state index in [0.717, 1.165) is 0 Å². The van der Waals surface area contributed by atoms with Gasteiger partial charge in [0.15, 0.2) is 12.2 Å². The number of guanidine groups is 1. The summed E-state index contributed by atoms with van der Waals surface area (Å²) < 4.78 is 20.3. The summed E-state index contributed by atoms with van der Waals surface area (Å²) in [5.74, 6) is 0.477. The van der Waals surface area contributed by atoms with Crippen molar-refractivity contribution >= 4 is 17.6 Å². The van der Waals surface area contributed by atoms with Crippen LogP contribution in [0.25, 0.3) is 11.1 Å². The lowest BCUT2D eigenvalue weighted by molar-refractivity contribution is -0.0684. The summed E-state index contributed by atoms with van der Waals surface area (Å²) in [6, 6.07) is 9.78.